The van der Waals surface area contributed by atoms with Crippen LogP contribution in [0.1, 0.15) is 61.3 Å². The van der Waals surface area contributed by atoms with Gasteiger partial charge in [0.15, 0.2) is 0 Å². The summed E-state index contributed by atoms with van der Waals surface area (Å²) in [5, 5.41) is 37.4. The molecule has 2 aromatic carbocycles. The van der Waals surface area contributed by atoms with E-state index in [4.69, 9.17) is 9.88 Å². The van der Waals surface area contributed by atoms with E-state index < -0.39 is 16.1 Å². The van der Waals surface area contributed by atoms with Crippen LogP contribution in [0.15, 0.2) is 47.4 Å². The Morgan fingerprint density at radius 3 is 2.44 bits per heavy atom. The summed E-state index contributed by atoms with van der Waals surface area (Å²) in [7, 11) is -3.66. The van der Waals surface area contributed by atoms with Crippen LogP contribution >= 0.6 is 0 Å². The molecule has 2 rings (SSSR count). The van der Waals surface area contributed by atoms with Crippen molar-refractivity contribution in [1.29, 1.82) is 0 Å². The highest BCUT2D eigenvalue weighted by Crippen LogP contribution is 2.22. The first-order valence-corrected chi connectivity index (χ1v) is 13.4. The SMILES string of the molecule is NS(=O)(=O)c1cccc(CCCCOCCCCCCNCC(O)c2ccc(O)c(CO)c2)c1. The number of hydrogen-bond acceptors (Lipinski definition) is 7. The summed E-state index contributed by atoms with van der Waals surface area (Å²) in [4.78, 5) is 0.154. The number of aliphatic hydroxyl groups is 2. The van der Waals surface area contributed by atoms with Crippen molar-refractivity contribution in [3.8, 4) is 5.75 Å². The van der Waals surface area contributed by atoms with Gasteiger partial charge in [0.25, 0.3) is 0 Å². The van der Waals surface area contributed by atoms with Crippen LogP contribution in [0.4, 0.5) is 0 Å². The van der Waals surface area contributed by atoms with Crippen LogP contribution in [0.2, 0.25) is 0 Å². The lowest BCUT2D eigenvalue weighted by Gasteiger charge is -2.14. The van der Waals surface area contributed by atoms with E-state index in [-0.39, 0.29) is 17.3 Å². The number of aliphatic hydroxyl groups excluding tert-OH is 2. The minimum absolute atomic E-state index is 0.0310. The van der Waals surface area contributed by atoms with Crippen molar-refractivity contribution in [3.05, 3.63) is 59.2 Å². The average Bonchev–Trinajstić information content (AvgIpc) is 2.81. The molecule has 8 nitrogen and oxygen atoms in total. The minimum Gasteiger partial charge on any atom is -0.508 e. The first kappa shape index (κ1) is 28.2. The molecule has 1 atom stereocenters. The summed E-state index contributed by atoms with van der Waals surface area (Å²) >= 11 is 0. The van der Waals surface area contributed by atoms with Gasteiger partial charge in [0.2, 0.25) is 10.0 Å². The van der Waals surface area contributed by atoms with E-state index in [0.717, 1.165) is 63.7 Å². The van der Waals surface area contributed by atoms with Crippen LogP contribution in [-0.2, 0) is 27.8 Å². The molecule has 1 unspecified atom stereocenters. The van der Waals surface area contributed by atoms with Gasteiger partial charge in [-0.05, 0) is 74.0 Å². The Balaban J connectivity index is 1.43. The lowest BCUT2D eigenvalue weighted by atomic mass is 10.1. The molecule has 0 saturated carbocycles. The fraction of sp³-hybridized carbons (Fsp3) is 0.520. The fourth-order valence-electron chi connectivity index (χ4n) is 3.62. The first-order chi connectivity index (χ1) is 16.3. The molecule has 0 aliphatic carbocycles. The number of nitrogens with two attached hydrogens (primary N) is 1. The Kier molecular flexibility index (Phi) is 12.5. The van der Waals surface area contributed by atoms with E-state index in [0.29, 0.717) is 24.3 Å². The third kappa shape index (κ3) is 10.5. The Morgan fingerprint density at radius 2 is 1.71 bits per heavy atom. The van der Waals surface area contributed by atoms with E-state index in [2.05, 4.69) is 5.32 Å². The topological polar surface area (TPSA) is 142 Å². The monoisotopic (exact) mass is 494 g/mol. The molecule has 190 valence electrons. The number of ether oxygens (including phenoxy) is 1. The number of benzene rings is 2. The number of sulfonamides is 1. The van der Waals surface area contributed by atoms with Gasteiger partial charge in [0.05, 0.1) is 17.6 Å². The zero-order valence-corrected chi connectivity index (χ0v) is 20.5. The maximum atomic E-state index is 11.4. The second-order valence-corrected chi connectivity index (χ2v) is 10.0. The van der Waals surface area contributed by atoms with Crippen molar-refractivity contribution in [2.75, 3.05) is 26.3 Å². The lowest BCUT2D eigenvalue weighted by Crippen LogP contribution is -2.22. The predicted molar refractivity (Wildman–Crippen MR) is 132 cm³/mol. The normalized spacial score (nSPS) is 12.7. The van der Waals surface area contributed by atoms with Gasteiger partial charge in [-0.15, -0.1) is 0 Å². The zero-order chi connectivity index (χ0) is 24.8. The molecular weight excluding hydrogens is 456 g/mol. The highest BCUT2D eigenvalue weighted by Gasteiger charge is 2.10. The molecule has 0 bridgehead atoms. The number of phenols is 1. The molecule has 0 aromatic heterocycles. The van der Waals surface area contributed by atoms with E-state index in [1.807, 2.05) is 6.07 Å². The number of hydrogen-bond donors (Lipinski definition) is 5. The molecule has 0 aliphatic rings. The second-order valence-electron chi connectivity index (χ2n) is 8.44. The molecule has 9 heteroatoms. The molecular formula is C25H38N2O6S. The summed E-state index contributed by atoms with van der Waals surface area (Å²) in [6, 6.07) is 11.5. The first-order valence-electron chi connectivity index (χ1n) is 11.8. The van der Waals surface area contributed by atoms with Gasteiger partial charge in [-0.25, -0.2) is 13.6 Å². The summed E-state index contributed by atoms with van der Waals surface area (Å²) in [6.07, 6.45) is 6.16. The summed E-state index contributed by atoms with van der Waals surface area (Å²) in [5.41, 5.74) is 2.04. The van der Waals surface area contributed by atoms with Gasteiger partial charge in [-0.3, -0.25) is 0 Å². The molecule has 0 amide bonds. The highest BCUT2D eigenvalue weighted by molar-refractivity contribution is 7.89. The van der Waals surface area contributed by atoms with Crippen LogP contribution in [-0.4, -0.2) is 50.0 Å². The molecule has 0 heterocycles. The van der Waals surface area contributed by atoms with Crippen molar-refractivity contribution < 1.29 is 28.5 Å². The summed E-state index contributed by atoms with van der Waals surface area (Å²) < 4.78 is 28.5. The fourth-order valence-corrected chi connectivity index (χ4v) is 4.20. The molecule has 0 saturated heterocycles. The quantitative estimate of drug-likeness (QED) is 0.213. The molecule has 0 fully saturated rings. The largest absolute Gasteiger partial charge is 0.508 e. The van der Waals surface area contributed by atoms with Gasteiger partial charge in [-0.1, -0.05) is 31.0 Å². The van der Waals surface area contributed by atoms with E-state index >= 15 is 0 Å². The Labute approximate surface area is 202 Å². The van der Waals surface area contributed by atoms with Crippen LogP contribution < -0.4 is 10.5 Å². The van der Waals surface area contributed by atoms with Crippen molar-refractivity contribution in [1.82, 2.24) is 5.32 Å². The van der Waals surface area contributed by atoms with Crippen LogP contribution in [0.3, 0.4) is 0 Å². The number of aryl methyl sites for hydroxylation is 1. The smallest absolute Gasteiger partial charge is 0.238 e. The standard InChI is InChI=1S/C25H38N2O6S/c26-34(31,32)23-10-7-9-20(16-23)8-3-6-15-33-14-5-2-1-4-13-27-18-25(30)21-11-12-24(29)22(17-21)19-28/h7,9-12,16-17,25,27-30H,1-6,8,13-15,18-19H2,(H2,26,31,32). The summed E-state index contributed by atoms with van der Waals surface area (Å²) in [6.45, 7) is 2.41. The van der Waals surface area contributed by atoms with Crippen molar-refractivity contribution >= 4 is 10.0 Å². The molecule has 6 N–H and O–H groups in total. The number of unbranched alkanes of at least 4 members (excludes halogenated alkanes) is 4. The van der Waals surface area contributed by atoms with Gasteiger partial charge < -0.3 is 25.4 Å². The van der Waals surface area contributed by atoms with E-state index in [9.17, 15) is 23.7 Å². The van der Waals surface area contributed by atoms with Gasteiger partial charge in [-0.2, -0.15) is 0 Å². The predicted octanol–water partition coefficient (Wildman–Crippen LogP) is 2.75. The van der Waals surface area contributed by atoms with Crippen molar-refractivity contribution in [2.45, 2.75) is 62.6 Å². The minimum atomic E-state index is -3.66. The lowest BCUT2D eigenvalue weighted by molar-refractivity contribution is 0.126. The molecule has 34 heavy (non-hydrogen) atoms. The number of rotatable bonds is 17. The maximum absolute atomic E-state index is 11.4. The van der Waals surface area contributed by atoms with Crippen LogP contribution in [0.25, 0.3) is 0 Å². The number of nitrogens with one attached hydrogen (secondary N) is 1. The van der Waals surface area contributed by atoms with Crippen molar-refractivity contribution in [2.24, 2.45) is 5.14 Å². The van der Waals surface area contributed by atoms with Gasteiger partial charge in [0.1, 0.15) is 5.75 Å². The van der Waals surface area contributed by atoms with Gasteiger partial charge in [0, 0.05) is 25.3 Å². The maximum Gasteiger partial charge on any atom is 0.238 e. The van der Waals surface area contributed by atoms with Gasteiger partial charge >= 0.3 is 0 Å². The molecule has 0 spiro atoms. The van der Waals surface area contributed by atoms with Crippen molar-refractivity contribution in [3.63, 3.8) is 0 Å². The average molecular weight is 495 g/mol. The third-order valence-electron chi connectivity index (χ3n) is 5.62. The zero-order valence-electron chi connectivity index (χ0n) is 19.7. The summed E-state index contributed by atoms with van der Waals surface area (Å²) in [5.74, 6) is 0.0310. The Morgan fingerprint density at radius 1 is 0.971 bits per heavy atom. The number of primary sulfonamides is 1. The van der Waals surface area contributed by atoms with E-state index in [1.165, 1.54) is 12.1 Å². The Bertz CT molecular complexity index is 968. The highest BCUT2D eigenvalue weighted by atomic mass is 32.2. The second kappa shape index (κ2) is 15.1. The van der Waals surface area contributed by atoms with Crippen LogP contribution in [0.5, 0.6) is 5.75 Å². The van der Waals surface area contributed by atoms with Crippen LogP contribution in [0, 0.1) is 0 Å². The molecule has 2 aromatic rings. The van der Waals surface area contributed by atoms with E-state index in [1.54, 1.807) is 24.3 Å². The molecule has 0 radical (unpaired) electrons. The number of aromatic hydroxyl groups is 1. The molecule has 0 aliphatic heterocycles. The third-order valence-corrected chi connectivity index (χ3v) is 6.53. The Hall–Kier alpha value is -2.01.